The third-order valence-corrected chi connectivity index (χ3v) is 3.63. The molecule has 0 heterocycles. The Morgan fingerprint density at radius 1 is 1.12 bits per heavy atom. The minimum absolute atomic E-state index is 0.405. The molecule has 2 aromatic rings. The minimum Gasteiger partial charge on any atom is -0.204 e. The molecule has 0 aromatic heterocycles. The maximum atomic E-state index is 13.8. The van der Waals surface area contributed by atoms with Crippen molar-refractivity contribution in [3.63, 3.8) is 0 Å². The molecule has 3 rings (SSSR count). The fraction of sp³-hybridized carbons (Fsp3) is 0.0769. The van der Waals surface area contributed by atoms with Gasteiger partial charge in [0, 0.05) is 10.0 Å². The fourth-order valence-electron chi connectivity index (χ4n) is 2.20. The zero-order valence-electron chi connectivity index (χ0n) is 8.23. The topological polar surface area (TPSA) is 0 Å². The highest BCUT2D eigenvalue weighted by atomic mass is 79.9. The van der Waals surface area contributed by atoms with E-state index in [9.17, 15) is 8.78 Å². The average molecular weight is 281 g/mol. The Labute approximate surface area is 100 Å². The van der Waals surface area contributed by atoms with E-state index in [2.05, 4.69) is 15.9 Å². The molecule has 0 fully saturated rings. The molecule has 0 aliphatic heterocycles. The van der Waals surface area contributed by atoms with Gasteiger partial charge in [-0.2, -0.15) is 0 Å². The molecule has 0 nitrogen and oxygen atoms in total. The van der Waals surface area contributed by atoms with Crippen molar-refractivity contribution in [3.8, 4) is 11.1 Å². The lowest BCUT2D eigenvalue weighted by Gasteiger charge is -2.05. The summed E-state index contributed by atoms with van der Waals surface area (Å²) in [7, 11) is 0. The third kappa shape index (κ3) is 1.24. The van der Waals surface area contributed by atoms with Crippen LogP contribution in [0.1, 0.15) is 11.1 Å². The molecule has 0 saturated heterocycles. The lowest BCUT2D eigenvalue weighted by molar-refractivity contribution is 0.510. The molecule has 3 heteroatoms. The summed E-state index contributed by atoms with van der Waals surface area (Å²) in [6.07, 6.45) is 0.656. The largest absolute Gasteiger partial charge is 0.204 e. The van der Waals surface area contributed by atoms with E-state index in [4.69, 9.17) is 0 Å². The van der Waals surface area contributed by atoms with Crippen molar-refractivity contribution < 1.29 is 8.78 Å². The highest BCUT2D eigenvalue weighted by Crippen LogP contribution is 2.42. The molecule has 0 amide bonds. The van der Waals surface area contributed by atoms with Crippen molar-refractivity contribution in [2.75, 3.05) is 0 Å². The molecule has 1 aliphatic carbocycles. The SMILES string of the molecule is Fc1cc(Br)c2c(c1F)-c1ccccc1C2. The van der Waals surface area contributed by atoms with E-state index >= 15 is 0 Å². The summed E-state index contributed by atoms with van der Waals surface area (Å²) in [4.78, 5) is 0. The number of hydrogen-bond donors (Lipinski definition) is 0. The van der Waals surface area contributed by atoms with E-state index in [1.54, 1.807) is 0 Å². The number of halogens is 3. The number of fused-ring (bicyclic) bond motifs is 3. The summed E-state index contributed by atoms with van der Waals surface area (Å²) in [5.74, 6) is -1.55. The van der Waals surface area contributed by atoms with Gasteiger partial charge < -0.3 is 0 Å². The molecule has 0 N–H and O–H groups in total. The maximum Gasteiger partial charge on any atom is 0.167 e. The molecule has 0 saturated carbocycles. The lowest BCUT2D eigenvalue weighted by Crippen LogP contribution is -1.92. The van der Waals surface area contributed by atoms with E-state index in [-0.39, 0.29) is 0 Å². The van der Waals surface area contributed by atoms with Gasteiger partial charge in [0.25, 0.3) is 0 Å². The number of hydrogen-bond acceptors (Lipinski definition) is 0. The van der Waals surface area contributed by atoms with Crippen LogP contribution in [0, 0.1) is 11.6 Å². The molecule has 1 aliphatic rings. The summed E-state index contributed by atoms with van der Waals surface area (Å²) in [5.41, 5.74) is 3.08. The lowest BCUT2D eigenvalue weighted by atomic mass is 10.1. The molecule has 0 bridgehead atoms. The van der Waals surface area contributed by atoms with Crippen molar-refractivity contribution in [1.29, 1.82) is 0 Å². The molecular formula is C13H7BrF2. The van der Waals surface area contributed by atoms with Gasteiger partial charge in [-0.05, 0) is 29.2 Å². The molecule has 80 valence electrons. The van der Waals surface area contributed by atoms with Crippen LogP contribution in [-0.2, 0) is 6.42 Å². The molecule has 16 heavy (non-hydrogen) atoms. The summed E-state index contributed by atoms with van der Waals surface area (Å²) < 4.78 is 27.7. The summed E-state index contributed by atoms with van der Waals surface area (Å²) in [6, 6.07) is 8.72. The smallest absolute Gasteiger partial charge is 0.167 e. The van der Waals surface area contributed by atoms with E-state index in [0.29, 0.717) is 16.5 Å². The first-order chi connectivity index (χ1) is 7.68. The van der Waals surface area contributed by atoms with Gasteiger partial charge in [0.2, 0.25) is 0 Å². The van der Waals surface area contributed by atoms with Crippen molar-refractivity contribution in [2.45, 2.75) is 6.42 Å². The highest BCUT2D eigenvalue weighted by molar-refractivity contribution is 9.10. The van der Waals surface area contributed by atoms with E-state index in [1.165, 1.54) is 6.07 Å². The van der Waals surface area contributed by atoms with Gasteiger partial charge in [0.15, 0.2) is 11.6 Å². The number of benzene rings is 2. The Hall–Kier alpha value is -1.22. The standard InChI is InChI=1S/C13H7BrF2/c14-10-6-11(15)13(16)12-8-4-2-1-3-7(8)5-9(10)12/h1-4,6H,5H2. The second-order valence-corrected chi connectivity index (χ2v) is 4.70. The normalized spacial score (nSPS) is 12.4. The molecule has 2 aromatic carbocycles. The first-order valence-corrected chi connectivity index (χ1v) is 5.72. The second kappa shape index (κ2) is 3.39. The van der Waals surface area contributed by atoms with Crippen LogP contribution in [0.2, 0.25) is 0 Å². The zero-order chi connectivity index (χ0) is 11.3. The average Bonchev–Trinajstić information content (AvgIpc) is 2.66. The molecular weight excluding hydrogens is 274 g/mol. The summed E-state index contributed by atoms with van der Waals surface area (Å²) in [6.45, 7) is 0. The van der Waals surface area contributed by atoms with Crippen LogP contribution in [0.5, 0.6) is 0 Å². The molecule has 0 atom stereocenters. The number of rotatable bonds is 0. The van der Waals surface area contributed by atoms with E-state index in [0.717, 1.165) is 16.7 Å². The van der Waals surface area contributed by atoms with Gasteiger partial charge in [-0.25, -0.2) is 8.78 Å². The van der Waals surface area contributed by atoms with Gasteiger partial charge in [0.1, 0.15) is 0 Å². The third-order valence-electron chi connectivity index (χ3n) is 2.93. The molecule has 0 radical (unpaired) electrons. The highest BCUT2D eigenvalue weighted by Gasteiger charge is 2.25. The Morgan fingerprint density at radius 2 is 1.88 bits per heavy atom. The Balaban J connectivity index is 2.39. The van der Waals surface area contributed by atoms with Crippen molar-refractivity contribution in [1.82, 2.24) is 0 Å². The maximum absolute atomic E-state index is 13.8. The van der Waals surface area contributed by atoms with Gasteiger partial charge in [-0.3, -0.25) is 0 Å². The minimum atomic E-state index is -0.803. The Morgan fingerprint density at radius 3 is 2.69 bits per heavy atom. The predicted octanol–water partition coefficient (Wildman–Crippen LogP) is 4.30. The Kier molecular flexibility index (Phi) is 2.11. The van der Waals surface area contributed by atoms with Crippen molar-refractivity contribution in [2.24, 2.45) is 0 Å². The first-order valence-electron chi connectivity index (χ1n) is 4.93. The molecule has 0 unspecified atom stereocenters. The van der Waals surface area contributed by atoms with E-state index in [1.807, 2.05) is 24.3 Å². The summed E-state index contributed by atoms with van der Waals surface area (Å²) in [5, 5.41) is 0. The quantitative estimate of drug-likeness (QED) is 0.539. The van der Waals surface area contributed by atoms with Gasteiger partial charge in [-0.15, -0.1) is 0 Å². The van der Waals surface area contributed by atoms with Crippen molar-refractivity contribution in [3.05, 3.63) is 57.6 Å². The van der Waals surface area contributed by atoms with Crippen LogP contribution in [0.25, 0.3) is 11.1 Å². The van der Waals surface area contributed by atoms with Crippen molar-refractivity contribution >= 4 is 15.9 Å². The van der Waals surface area contributed by atoms with Gasteiger partial charge >= 0.3 is 0 Å². The van der Waals surface area contributed by atoms with E-state index < -0.39 is 11.6 Å². The zero-order valence-corrected chi connectivity index (χ0v) is 9.81. The van der Waals surface area contributed by atoms with Crippen LogP contribution in [-0.4, -0.2) is 0 Å². The first kappa shape index (κ1) is 9.97. The van der Waals surface area contributed by atoms with Gasteiger partial charge in [0.05, 0.1) is 0 Å². The van der Waals surface area contributed by atoms with Gasteiger partial charge in [-0.1, -0.05) is 40.2 Å². The van der Waals surface area contributed by atoms with Crippen LogP contribution in [0.3, 0.4) is 0 Å². The second-order valence-electron chi connectivity index (χ2n) is 3.84. The molecule has 0 spiro atoms. The fourth-order valence-corrected chi connectivity index (χ4v) is 2.73. The van der Waals surface area contributed by atoms with Crippen LogP contribution < -0.4 is 0 Å². The predicted molar refractivity (Wildman–Crippen MR) is 62.3 cm³/mol. The Bertz CT molecular complexity index is 591. The summed E-state index contributed by atoms with van der Waals surface area (Å²) >= 11 is 3.28. The van der Waals surface area contributed by atoms with Crippen LogP contribution in [0.4, 0.5) is 8.78 Å². The van der Waals surface area contributed by atoms with Crippen LogP contribution in [0.15, 0.2) is 34.8 Å². The van der Waals surface area contributed by atoms with Crippen LogP contribution >= 0.6 is 15.9 Å². The monoisotopic (exact) mass is 280 g/mol.